The minimum atomic E-state index is -0.597. The molecule has 1 rings (SSSR count). The van der Waals surface area contributed by atoms with Crippen molar-refractivity contribution in [2.75, 3.05) is 20.3 Å². The van der Waals surface area contributed by atoms with Crippen LogP contribution in [0.25, 0.3) is 0 Å². The van der Waals surface area contributed by atoms with Gasteiger partial charge in [0.15, 0.2) is 0 Å². The molecule has 0 saturated carbocycles. The lowest BCUT2D eigenvalue weighted by atomic mass is 10.2. The van der Waals surface area contributed by atoms with Crippen LogP contribution in [0.1, 0.15) is 5.56 Å². The minimum Gasteiger partial charge on any atom is -0.496 e. The molecule has 0 spiro atoms. The van der Waals surface area contributed by atoms with Gasteiger partial charge >= 0.3 is 0 Å². The highest BCUT2D eigenvalue weighted by Gasteiger charge is 2.04. The van der Waals surface area contributed by atoms with Crippen LogP contribution in [0, 0.1) is 0 Å². The van der Waals surface area contributed by atoms with E-state index in [4.69, 9.17) is 15.2 Å². The molecule has 4 nitrogen and oxygen atoms in total. The standard InChI is InChI=1S/C11H17NO3/c1-14-11-5-3-2-4-9(11)7-15-8-10(13)6-12/h2-5,10,13H,6-8,12H2,1H3. The lowest BCUT2D eigenvalue weighted by molar-refractivity contribution is 0.0322. The van der Waals surface area contributed by atoms with Crippen molar-refractivity contribution in [3.63, 3.8) is 0 Å². The molecule has 1 aromatic carbocycles. The van der Waals surface area contributed by atoms with Gasteiger partial charge in [-0.3, -0.25) is 0 Å². The largest absolute Gasteiger partial charge is 0.496 e. The zero-order valence-electron chi connectivity index (χ0n) is 8.85. The van der Waals surface area contributed by atoms with E-state index in [9.17, 15) is 5.11 Å². The Balaban J connectivity index is 2.43. The van der Waals surface area contributed by atoms with Gasteiger partial charge < -0.3 is 20.3 Å². The number of para-hydroxylation sites is 1. The molecule has 0 aliphatic rings. The maximum absolute atomic E-state index is 9.18. The second-order valence-corrected chi connectivity index (χ2v) is 3.22. The molecule has 0 bridgehead atoms. The Kier molecular flexibility index (Phi) is 5.10. The lowest BCUT2D eigenvalue weighted by Gasteiger charge is -2.11. The first kappa shape index (κ1) is 12.0. The van der Waals surface area contributed by atoms with Gasteiger partial charge in [0.25, 0.3) is 0 Å². The fourth-order valence-corrected chi connectivity index (χ4v) is 1.20. The third kappa shape index (κ3) is 3.87. The Morgan fingerprint density at radius 1 is 1.40 bits per heavy atom. The molecule has 1 unspecified atom stereocenters. The second kappa shape index (κ2) is 6.40. The van der Waals surface area contributed by atoms with Crippen molar-refractivity contribution >= 4 is 0 Å². The van der Waals surface area contributed by atoms with E-state index in [-0.39, 0.29) is 13.2 Å². The highest BCUT2D eigenvalue weighted by atomic mass is 16.5. The van der Waals surface area contributed by atoms with Crippen LogP contribution in [-0.4, -0.2) is 31.5 Å². The van der Waals surface area contributed by atoms with E-state index in [2.05, 4.69) is 0 Å². The summed E-state index contributed by atoms with van der Waals surface area (Å²) in [6, 6.07) is 7.61. The van der Waals surface area contributed by atoms with Crippen molar-refractivity contribution in [2.24, 2.45) is 5.73 Å². The summed E-state index contributed by atoms with van der Waals surface area (Å²) in [4.78, 5) is 0. The predicted molar refractivity (Wildman–Crippen MR) is 57.7 cm³/mol. The first-order valence-electron chi connectivity index (χ1n) is 4.85. The smallest absolute Gasteiger partial charge is 0.124 e. The predicted octanol–water partition coefficient (Wildman–Crippen LogP) is 0.531. The van der Waals surface area contributed by atoms with Crippen molar-refractivity contribution in [1.82, 2.24) is 0 Å². The number of methoxy groups -OCH3 is 1. The Morgan fingerprint density at radius 3 is 2.80 bits per heavy atom. The Morgan fingerprint density at radius 2 is 2.13 bits per heavy atom. The van der Waals surface area contributed by atoms with Crippen LogP contribution < -0.4 is 10.5 Å². The van der Waals surface area contributed by atoms with Gasteiger partial charge in [0.05, 0.1) is 26.4 Å². The maximum Gasteiger partial charge on any atom is 0.124 e. The van der Waals surface area contributed by atoms with Gasteiger partial charge in [0, 0.05) is 12.1 Å². The van der Waals surface area contributed by atoms with Crippen LogP contribution in [0.2, 0.25) is 0 Å². The molecule has 0 aliphatic carbocycles. The molecule has 15 heavy (non-hydrogen) atoms. The van der Waals surface area contributed by atoms with Crippen LogP contribution in [0.4, 0.5) is 0 Å². The topological polar surface area (TPSA) is 64.7 Å². The number of aliphatic hydroxyl groups excluding tert-OH is 1. The number of nitrogens with two attached hydrogens (primary N) is 1. The minimum absolute atomic E-state index is 0.214. The average molecular weight is 211 g/mol. The number of rotatable bonds is 6. The molecule has 3 N–H and O–H groups in total. The van der Waals surface area contributed by atoms with Gasteiger partial charge in [-0.15, -0.1) is 0 Å². The summed E-state index contributed by atoms with van der Waals surface area (Å²) in [6.45, 7) is 0.877. The molecule has 0 heterocycles. The molecule has 0 saturated heterocycles. The number of aliphatic hydroxyl groups is 1. The van der Waals surface area contributed by atoms with Crippen molar-refractivity contribution in [2.45, 2.75) is 12.7 Å². The zero-order chi connectivity index (χ0) is 11.1. The molecule has 0 radical (unpaired) electrons. The molecule has 1 aromatic rings. The molecule has 1 atom stereocenters. The van der Waals surface area contributed by atoms with E-state index in [1.807, 2.05) is 24.3 Å². The summed E-state index contributed by atoms with van der Waals surface area (Å²) >= 11 is 0. The van der Waals surface area contributed by atoms with Crippen LogP contribution in [0.15, 0.2) is 24.3 Å². The van der Waals surface area contributed by atoms with Crippen LogP contribution in [0.3, 0.4) is 0 Å². The summed E-state index contributed by atoms with van der Waals surface area (Å²) in [6.07, 6.45) is -0.597. The van der Waals surface area contributed by atoms with Gasteiger partial charge in [-0.25, -0.2) is 0 Å². The maximum atomic E-state index is 9.18. The summed E-state index contributed by atoms with van der Waals surface area (Å²) in [7, 11) is 1.62. The summed E-state index contributed by atoms with van der Waals surface area (Å²) in [5.41, 5.74) is 6.22. The highest BCUT2D eigenvalue weighted by molar-refractivity contribution is 5.32. The lowest BCUT2D eigenvalue weighted by Crippen LogP contribution is -2.25. The van der Waals surface area contributed by atoms with Crippen LogP contribution in [0.5, 0.6) is 5.75 Å². The molecular formula is C11H17NO3. The third-order valence-corrected chi connectivity index (χ3v) is 2.03. The van der Waals surface area contributed by atoms with E-state index < -0.39 is 6.10 Å². The molecule has 84 valence electrons. The van der Waals surface area contributed by atoms with Crippen molar-refractivity contribution in [1.29, 1.82) is 0 Å². The van der Waals surface area contributed by atoms with Crippen LogP contribution >= 0.6 is 0 Å². The summed E-state index contributed by atoms with van der Waals surface area (Å²) < 4.78 is 10.5. The number of hydrogen-bond donors (Lipinski definition) is 2. The molecule has 0 aromatic heterocycles. The molecule has 0 fully saturated rings. The second-order valence-electron chi connectivity index (χ2n) is 3.22. The first-order valence-corrected chi connectivity index (χ1v) is 4.85. The molecule has 4 heteroatoms. The van der Waals surface area contributed by atoms with Gasteiger partial charge in [-0.2, -0.15) is 0 Å². The van der Waals surface area contributed by atoms with E-state index in [0.29, 0.717) is 6.61 Å². The van der Waals surface area contributed by atoms with Gasteiger partial charge in [-0.05, 0) is 6.07 Å². The van der Waals surface area contributed by atoms with Crippen LogP contribution in [-0.2, 0) is 11.3 Å². The van der Waals surface area contributed by atoms with Crippen molar-refractivity contribution < 1.29 is 14.6 Å². The number of benzene rings is 1. The molecule has 0 amide bonds. The normalized spacial score (nSPS) is 12.5. The Bertz CT molecular complexity index is 291. The third-order valence-electron chi connectivity index (χ3n) is 2.03. The van der Waals surface area contributed by atoms with Crippen molar-refractivity contribution in [3.05, 3.63) is 29.8 Å². The fourth-order valence-electron chi connectivity index (χ4n) is 1.20. The monoisotopic (exact) mass is 211 g/mol. The quantitative estimate of drug-likeness (QED) is 0.720. The molecule has 0 aliphatic heterocycles. The number of hydrogen-bond acceptors (Lipinski definition) is 4. The number of ether oxygens (including phenoxy) is 2. The van der Waals surface area contributed by atoms with Gasteiger partial charge in [0.1, 0.15) is 5.75 Å². The van der Waals surface area contributed by atoms with Crippen molar-refractivity contribution in [3.8, 4) is 5.75 Å². The van der Waals surface area contributed by atoms with E-state index >= 15 is 0 Å². The first-order chi connectivity index (χ1) is 7.27. The Labute approximate surface area is 89.6 Å². The van der Waals surface area contributed by atoms with Gasteiger partial charge in [-0.1, -0.05) is 18.2 Å². The summed E-state index contributed by atoms with van der Waals surface area (Å²) in [5.74, 6) is 0.791. The van der Waals surface area contributed by atoms with E-state index in [1.165, 1.54) is 0 Å². The SMILES string of the molecule is COc1ccccc1COCC(O)CN. The Hall–Kier alpha value is -1.10. The van der Waals surface area contributed by atoms with E-state index in [0.717, 1.165) is 11.3 Å². The van der Waals surface area contributed by atoms with Gasteiger partial charge in [0.2, 0.25) is 0 Å². The fraction of sp³-hybridized carbons (Fsp3) is 0.455. The molecular weight excluding hydrogens is 194 g/mol. The highest BCUT2D eigenvalue weighted by Crippen LogP contribution is 2.17. The summed E-state index contributed by atoms with van der Waals surface area (Å²) in [5, 5.41) is 9.18. The van der Waals surface area contributed by atoms with E-state index in [1.54, 1.807) is 7.11 Å². The average Bonchev–Trinajstić information content (AvgIpc) is 2.29. The zero-order valence-corrected chi connectivity index (χ0v) is 8.85.